The van der Waals surface area contributed by atoms with Gasteiger partial charge in [0.1, 0.15) is 0 Å². The number of carbonyl (C=O) groups is 1. The number of pyridine rings is 1. The van der Waals surface area contributed by atoms with Crippen LogP contribution in [0.4, 0.5) is 5.69 Å². The van der Waals surface area contributed by atoms with Crippen molar-refractivity contribution >= 4 is 11.7 Å². The minimum absolute atomic E-state index is 0.0125. The number of methoxy groups -OCH3 is 1. The molecule has 0 amide bonds. The van der Waals surface area contributed by atoms with Crippen molar-refractivity contribution in [3.63, 3.8) is 0 Å². The summed E-state index contributed by atoms with van der Waals surface area (Å²) in [6, 6.07) is 4.02. The van der Waals surface area contributed by atoms with Crippen molar-refractivity contribution < 1.29 is 9.53 Å². The van der Waals surface area contributed by atoms with Crippen molar-refractivity contribution in [2.45, 2.75) is 13.3 Å². The minimum atomic E-state index is -0.103. The minimum Gasteiger partial charge on any atom is -0.469 e. The van der Waals surface area contributed by atoms with E-state index in [0.29, 0.717) is 0 Å². The van der Waals surface area contributed by atoms with Crippen LogP contribution in [0.2, 0.25) is 0 Å². The summed E-state index contributed by atoms with van der Waals surface area (Å²) in [5.74, 6) is -0.0910. The molecule has 1 aromatic rings. The summed E-state index contributed by atoms with van der Waals surface area (Å²) in [5, 5.41) is 0. The Morgan fingerprint density at radius 2 is 2.44 bits per heavy atom. The van der Waals surface area contributed by atoms with Crippen LogP contribution in [0.1, 0.15) is 12.1 Å². The van der Waals surface area contributed by atoms with Crippen LogP contribution in [0.15, 0.2) is 18.3 Å². The normalized spacial score (nSPS) is 19.9. The number of rotatable bonds is 2. The summed E-state index contributed by atoms with van der Waals surface area (Å²) in [4.78, 5) is 17.8. The highest BCUT2D eigenvalue weighted by Gasteiger charge is 2.29. The molecule has 4 nitrogen and oxygen atoms in total. The van der Waals surface area contributed by atoms with Gasteiger partial charge in [0.2, 0.25) is 0 Å². The van der Waals surface area contributed by atoms with Gasteiger partial charge >= 0.3 is 5.97 Å². The molecule has 1 fully saturated rings. The number of carbonyl (C=O) groups excluding carboxylic acids is 1. The van der Waals surface area contributed by atoms with Gasteiger partial charge in [-0.25, -0.2) is 0 Å². The van der Waals surface area contributed by atoms with E-state index in [1.807, 2.05) is 19.1 Å². The molecule has 2 rings (SSSR count). The Labute approximate surface area is 95.2 Å². The van der Waals surface area contributed by atoms with Gasteiger partial charge in [0.05, 0.1) is 13.0 Å². The zero-order valence-electron chi connectivity index (χ0n) is 9.64. The molecule has 0 bridgehead atoms. The predicted octanol–water partition coefficient (Wildman–Crippen LogP) is 1.39. The molecule has 0 unspecified atom stereocenters. The van der Waals surface area contributed by atoms with Gasteiger partial charge in [-0.15, -0.1) is 0 Å². The maximum absolute atomic E-state index is 11.4. The maximum Gasteiger partial charge on any atom is 0.310 e. The molecule has 0 radical (unpaired) electrons. The molecule has 0 saturated carbocycles. The molecule has 0 aromatic carbocycles. The zero-order valence-corrected chi connectivity index (χ0v) is 9.64. The number of aromatic nitrogens is 1. The van der Waals surface area contributed by atoms with E-state index >= 15 is 0 Å². The van der Waals surface area contributed by atoms with Crippen molar-refractivity contribution in [1.82, 2.24) is 4.98 Å². The van der Waals surface area contributed by atoms with Crippen LogP contribution in [0.25, 0.3) is 0 Å². The van der Waals surface area contributed by atoms with E-state index in [4.69, 9.17) is 4.74 Å². The summed E-state index contributed by atoms with van der Waals surface area (Å²) < 4.78 is 4.76. The van der Waals surface area contributed by atoms with Crippen LogP contribution in [0.5, 0.6) is 0 Å². The van der Waals surface area contributed by atoms with Gasteiger partial charge in [-0.1, -0.05) is 0 Å². The van der Waals surface area contributed by atoms with E-state index in [0.717, 1.165) is 30.9 Å². The molecule has 0 N–H and O–H groups in total. The highest BCUT2D eigenvalue weighted by atomic mass is 16.5. The van der Waals surface area contributed by atoms with Crippen LogP contribution in [-0.2, 0) is 9.53 Å². The van der Waals surface area contributed by atoms with Crippen molar-refractivity contribution in [3.05, 3.63) is 24.0 Å². The van der Waals surface area contributed by atoms with E-state index in [1.165, 1.54) is 7.11 Å². The fourth-order valence-corrected chi connectivity index (χ4v) is 2.08. The molecule has 1 saturated heterocycles. The van der Waals surface area contributed by atoms with E-state index in [9.17, 15) is 4.79 Å². The summed E-state index contributed by atoms with van der Waals surface area (Å²) in [6.07, 6.45) is 2.67. The Balaban J connectivity index is 2.06. The molecule has 1 aliphatic heterocycles. The number of esters is 1. The number of aryl methyl sites for hydroxylation is 1. The monoisotopic (exact) mass is 220 g/mol. The third-order valence-corrected chi connectivity index (χ3v) is 2.97. The quantitative estimate of drug-likeness (QED) is 0.706. The van der Waals surface area contributed by atoms with E-state index < -0.39 is 0 Å². The highest BCUT2D eigenvalue weighted by molar-refractivity contribution is 5.74. The highest BCUT2D eigenvalue weighted by Crippen LogP contribution is 2.24. The third-order valence-electron chi connectivity index (χ3n) is 2.97. The van der Waals surface area contributed by atoms with Crippen molar-refractivity contribution in [2.75, 3.05) is 25.1 Å². The van der Waals surface area contributed by atoms with Crippen molar-refractivity contribution in [3.8, 4) is 0 Å². The molecule has 2 heterocycles. The van der Waals surface area contributed by atoms with Crippen LogP contribution in [0, 0.1) is 12.8 Å². The number of hydrogen-bond acceptors (Lipinski definition) is 4. The molecule has 86 valence electrons. The molecule has 0 spiro atoms. The summed E-state index contributed by atoms with van der Waals surface area (Å²) in [5.41, 5.74) is 2.14. The Bertz CT molecular complexity index is 392. The van der Waals surface area contributed by atoms with Crippen LogP contribution >= 0.6 is 0 Å². The summed E-state index contributed by atoms with van der Waals surface area (Å²) in [6.45, 7) is 3.62. The second kappa shape index (κ2) is 4.51. The van der Waals surface area contributed by atoms with Gasteiger partial charge < -0.3 is 9.64 Å². The second-order valence-corrected chi connectivity index (χ2v) is 4.11. The Kier molecular flexibility index (Phi) is 3.08. The lowest BCUT2D eigenvalue weighted by Gasteiger charge is -2.18. The number of hydrogen-bond donors (Lipinski definition) is 0. The van der Waals surface area contributed by atoms with Crippen LogP contribution < -0.4 is 4.90 Å². The van der Waals surface area contributed by atoms with E-state index in [1.54, 1.807) is 6.20 Å². The maximum atomic E-state index is 11.4. The fourth-order valence-electron chi connectivity index (χ4n) is 2.08. The van der Waals surface area contributed by atoms with Gasteiger partial charge in [0, 0.05) is 30.7 Å². The van der Waals surface area contributed by atoms with Gasteiger partial charge in [-0.2, -0.15) is 0 Å². The molecule has 4 heteroatoms. The second-order valence-electron chi connectivity index (χ2n) is 4.11. The molecule has 1 aliphatic rings. The Hall–Kier alpha value is -1.58. The van der Waals surface area contributed by atoms with Crippen molar-refractivity contribution in [1.29, 1.82) is 0 Å². The summed E-state index contributed by atoms with van der Waals surface area (Å²) >= 11 is 0. The Morgan fingerprint density at radius 3 is 3.12 bits per heavy atom. The third kappa shape index (κ3) is 2.15. The number of anilines is 1. The molecule has 16 heavy (non-hydrogen) atoms. The predicted molar refractivity (Wildman–Crippen MR) is 61.3 cm³/mol. The smallest absolute Gasteiger partial charge is 0.310 e. The van der Waals surface area contributed by atoms with Gasteiger partial charge in [-0.05, 0) is 25.5 Å². The Morgan fingerprint density at radius 1 is 1.62 bits per heavy atom. The lowest BCUT2D eigenvalue weighted by atomic mass is 10.1. The first-order valence-electron chi connectivity index (χ1n) is 5.46. The SMILES string of the molecule is COC(=O)[C@@H]1CCN(c2ccnc(C)c2)C1. The standard InChI is InChI=1S/C12H16N2O2/c1-9-7-11(3-5-13-9)14-6-4-10(8-14)12(15)16-2/h3,5,7,10H,4,6,8H2,1-2H3/t10-/m1/s1. The first-order valence-corrected chi connectivity index (χ1v) is 5.46. The first-order chi connectivity index (χ1) is 7.70. The van der Waals surface area contributed by atoms with Gasteiger partial charge in [-0.3, -0.25) is 9.78 Å². The average molecular weight is 220 g/mol. The van der Waals surface area contributed by atoms with Crippen LogP contribution in [-0.4, -0.2) is 31.2 Å². The van der Waals surface area contributed by atoms with Crippen molar-refractivity contribution in [2.24, 2.45) is 5.92 Å². The average Bonchev–Trinajstić information content (AvgIpc) is 2.77. The topological polar surface area (TPSA) is 42.4 Å². The van der Waals surface area contributed by atoms with E-state index in [2.05, 4.69) is 9.88 Å². The lowest BCUT2D eigenvalue weighted by Crippen LogP contribution is -2.23. The first kappa shape index (κ1) is 10.9. The zero-order chi connectivity index (χ0) is 11.5. The van der Waals surface area contributed by atoms with Crippen LogP contribution in [0.3, 0.4) is 0 Å². The largest absolute Gasteiger partial charge is 0.469 e. The fraction of sp³-hybridized carbons (Fsp3) is 0.500. The molecular formula is C12H16N2O2. The van der Waals surface area contributed by atoms with Gasteiger partial charge in [0.25, 0.3) is 0 Å². The molecule has 1 aromatic heterocycles. The van der Waals surface area contributed by atoms with E-state index in [-0.39, 0.29) is 11.9 Å². The summed E-state index contributed by atoms with van der Waals surface area (Å²) in [7, 11) is 1.45. The molecular weight excluding hydrogens is 204 g/mol. The number of ether oxygens (including phenoxy) is 1. The number of nitrogens with zero attached hydrogens (tertiary/aromatic N) is 2. The molecule has 1 atom stereocenters. The van der Waals surface area contributed by atoms with Gasteiger partial charge in [0.15, 0.2) is 0 Å². The lowest BCUT2D eigenvalue weighted by molar-refractivity contribution is -0.144. The molecule has 0 aliphatic carbocycles.